The molecule has 0 aromatic rings. The molecule has 1 aliphatic heterocycles. The molecule has 10 heavy (non-hydrogen) atoms. The minimum atomic E-state index is 0.238. The van der Waals surface area contributed by atoms with Gasteiger partial charge in [-0.1, -0.05) is 0 Å². The van der Waals surface area contributed by atoms with Crippen LogP contribution in [0.3, 0.4) is 0 Å². The first-order valence-electron chi connectivity index (χ1n) is 3.94. The highest BCUT2D eigenvalue weighted by atomic mass is 16.5. The van der Waals surface area contributed by atoms with Crippen molar-refractivity contribution in [3.8, 4) is 0 Å². The molecule has 1 spiro atoms. The van der Waals surface area contributed by atoms with Crippen LogP contribution in [0.4, 0.5) is 0 Å². The summed E-state index contributed by atoms with van der Waals surface area (Å²) in [6.07, 6.45) is 3.81. The van der Waals surface area contributed by atoms with Gasteiger partial charge in [0.25, 0.3) is 0 Å². The molecule has 2 rings (SSSR count). The van der Waals surface area contributed by atoms with E-state index in [1.807, 2.05) is 0 Å². The van der Waals surface area contributed by atoms with Crippen molar-refractivity contribution in [1.29, 1.82) is 0 Å². The van der Waals surface area contributed by atoms with Crippen molar-refractivity contribution in [2.45, 2.75) is 31.7 Å². The van der Waals surface area contributed by atoms with Gasteiger partial charge in [-0.05, 0) is 26.2 Å². The van der Waals surface area contributed by atoms with E-state index < -0.39 is 0 Å². The van der Waals surface area contributed by atoms with E-state index in [9.17, 15) is 0 Å². The van der Waals surface area contributed by atoms with Crippen LogP contribution in [-0.4, -0.2) is 24.5 Å². The molecule has 0 radical (unpaired) electrons. The van der Waals surface area contributed by atoms with E-state index in [2.05, 4.69) is 11.9 Å². The molecule has 1 heterocycles. The Bertz CT molecular complexity index is 170. The van der Waals surface area contributed by atoms with E-state index in [0.717, 1.165) is 13.2 Å². The summed E-state index contributed by atoms with van der Waals surface area (Å²) in [7, 11) is 0. The van der Waals surface area contributed by atoms with Crippen molar-refractivity contribution >= 4 is 5.71 Å². The third-order valence-corrected chi connectivity index (χ3v) is 2.39. The number of hydrogen-bond donors (Lipinski definition) is 0. The van der Waals surface area contributed by atoms with Crippen molar-refractivity contribution < 1.29 is 4.74 Å². The third kappa shape index (κ3) is 0.870. The zero-order chi connectivity index (χ0) is 7.03. The van der Waals surface area contributed by atoms with Crippen LogP contribution in [0.1, 0.15) is 26.2 Å². The van der Waals surface area contributed by atoms with Gasteiger partial charge in [-0.2, -0.15) is 0 Å². The van der Waals surface area contributed by atoms with Crippen LogP contribution in [0.5, 0.6) is 0 Å². The molecular formula is C8H13NO. The lowest BCUT2D eigenvalue weighted by Gasteiger charge is -2.40. The molecule has 2 heteroatoms. The molecule has 1 saturated carbocycles. The topological polar surface area (TPSA) is 21.6 Å². The van der Waals surface area contributed by atoms with Gasteiger partial charge in [0, 0.05) is 5.71 Å². The van der Waals surface area contributed by atoms with E-state index in [0.29, 0.717) is 0 Å². The minimum absolute atomic E-state index is 0.238. The largest absolute Gasteiger partial charge is 0.373 e. The molecule has 0 atom stereocenters. The van der Waals surface area contributed by atoms with Crippen molar-refractivity contribution in [1.82, 2.24) is 0 Å². The minimum Gasteiger partial charge on any atom is -0.373 e. The third-order valence-electron chi connectivity index (χ3n) is 2.39. The number of ether oxygens (including phenoxy) is 1. The SMILES string of the molecule is CC1=NC2(CCC2)COC1. The highest BCUT2D eigenvalue weighted by Gasteiger charge is 2.38. The average Bonchev–Trinajstić information content (AvgIpc) is 1.85. The van der Waals surface area contributed by atoms with E-state index in [1.54, 1.807) is 0 Å². The van der Waals surface area contributed by atoms with Crippen molar-refractivity contribution in [2.24, 2.45) is 4.99 Å². The summed E-state index contributed by atoms with van der Waals surface area (Å²) in [6, 6.07) is 0. The standard InChI is InChI=1S/C8H13NO/c1-7-5-10-6-8(9-7)3-2-4-8/h2-6H2,1H3. The van der Waals surface area contributed by atoms with Crippen LogP contribution < -0.4 is 0 Å². The Hall–Kier alpha value is -0.370. The number of nitrogens with zero attached hydrogens (tertiary/aromatic N) is 1. The molecule has 0 N–H and O–H groups in total. The van der Waals surface area contributed by atoms with Crippen molar-refractivity contribution in [2.75, 3.05) is 13.2 Å². The molecule has 0 aromatic heterocycles. The Balaban J connectivity index is 2.15. The van der Waals surface area contributed by atoms with E-state index in [-0.39, 0.29) is 5.54 Å². The Morgan fingerprint density at radius 2 is 2.30 bits per heavy atom. The smallest absolute Gasteiger partial charge is 0.0842 e. The number of hydrogen-bond acceptors (Lipinski definition) is 2. The normalized spacial score (nSPS) is 29.5. The van der Waals surface area contributed by atoms with Crippen LogP contribution in [0.25, 0.3) is 0 Å². The van der Waals surface area contributed by atoms with E-state index in [1.165, 1.54) is 25.0 Å². The van der Waals surface area contributed by atoms with Crippen LogP contribution in [-0.2, 0) is 4.74 Å². The van der Waals surface area contributed by atoms with Gasteiger partial charge in [0.2, 0.25) is 0 Å². The first-order valence-corrected chi connectivity index (χ1v) is 3.94. The average molecular weight is 139 g/mol. The highest BCUT2D eigenvalue weighted by Crippen LogP contribution is 2.37. The Morgan fingerprint density at radius 3 is 2.70 bits per heavy atom. The molecule has 1 fully saturated rings. The molecular weight excluding hydrogens is 126 g/mol. The summed E-state index contributed by atoms with van der Waals surface area (Å²) in [5, 5.41) is 0. The summed E-state index contributed by atoms with van der Waals surface area (Å²) in [6.45, 7) is 3.67. The van der Waals surface area contributed by atoms with Crippen LogP contribution >= 0.6 is 0 Å². The second-order valence-electron chi connectivity index (χ2n) is 3.42. The molecule has 2 nitrogen and oxygen atoms in total. The molecule has 1 aliphatic carbocycles. The predicted molar refractivity (Wildman–Crippen MR) is 40.5 cm³/mol. The highest BCUT2D eigenvalue weighted by molar-refractivity contribution is 5.84. The fraction of sp³-hybridized carbons (Fsp3) is 0.875. The van der Waals surface area contributed by atoms with E-state index in [4.69, 9.17) is 4.74 Å². The first-order chi connectivity index (χ1) is 4.81. The van der Waals surface area contributed by atoms with Crippen molar-refractivity contribution in [3.05, 3.63) is 0 Å². The summed E-state index contributed by atoms with van der Waals surface area (Å²) in [5.74, 6) is 0. The van der Waals surface area contributed by atoms with E-state index >= 15 is 0 Å². The summed E-state index contributed by atoms with van der Waals surface area (Å²) in [5.41, 5.74) is 1.41. The summed E-state index contributed by atoms with van der Waals surface area (Å²) in [4.78, 5) is 4.61. The van der Waals surface area contributed by atoms with Gasteiger partial charge in [0.1, 0.15) is 0 Å². The zero-order valence-electron chi connectivity index (χ0n) is 6.39. The molecule has 0 aromatic carbocycles. The quantitative estimate of drug-likeness (QED) is 0.497. The van der Waals surface area contributed by atoms with Gasteiger partial charge in [-0.15, -0.1) is 0 Å². The molecule has 0 bridgehead atoms. The maximum Gasteiger partial charge on any atom is 0.0842 e. The fourth-order valence-corrected chi connectivity index (χ4v) is 1.70. The lowest BCUT2D eigenvalue weighted by Crippen LogP contribution is -2.44. The molecule has 2 aliphatic rings. The van der Waals surface area contributed by atoms with Gasteiger partial charge in [0.05, 0.1) is 18.8 Å². The lowest BCUT2D eigenvalue weighted by atomic mass is 9.77. The predicted octanol–water partition coefficient (Wildman–Crippen LogP) is 1.40. The Kier molecular flexibility index (Phi) is 1.31. The maximum atomic E-state index is 5.41. The number of rotatable bonds is 0. The van der Waals surface area contributed by atoms with Crippen LogP contribution in [0, 0.1) is 0 Å². The molecule has 56 valence electrons. The van der Waals surface area contributed by atoms with Gasteiger partial charge >= 0.3 is 0 Å². The van der Waals surface area contributed by atoms with Gasteiger partial charge in [-0.25, -0.2) is 0 Å². The summed E-state index contributed by atoms with van der Waals surface area (Å²) >= 11 is 0. The second kappa shape index (κ2) is 2.06. The Labute approximate surface area is 61.3 Å². The summed E-state index contributed by atoms with van der Waals surface area (Å²) < 4.78 is 5.41. The molecule has 0 unspecified atom stereocenters. The number of aliphatic imine (C=N–C) groups is 1. The first kappa shape index (κ1) is 6.35. The lowest BCUT2D eigenvalue weighted by molar-refractivity contribution is 0.0576. The maximum absolute atomic E-state index is 5.41. The van der Waals surface area contributed by atoms with Gasteiger partial charge < -0.3 is 4.74 Å². The van der Waals surface area contributed by atoms with Gasteiger partial charge in [-0.3, -0.25) is 4.99 Å². The molecule has 0 amide bonds. The van der Waals surface area contributed by atoms with Crippen LogP contribution in [0.15, 0.2) is 4.99 Å². The second-order valence-corrected chi connectivity index (χ2v) is 3.42. The van der Waals surface area contributed by atoms with Crippen LogP contribution in [0.2, 0.25) is 0 Å². The zero-order valence-corrected chi connectivity index (χ0v) is 6.39. The molecule has 0 saturated heterocycles. The Morgan fingerprint density at radius 1 is 1.50 bits per heavy atom. The fourth-order valence-electron chi connectivity index (χ4n) is 1.70. The van der Waals surface area contributed by atoms with Crippen molar-refractivity contribution in [3.63, 3.8) is 0 Å². The monoisotopic (exact) mass is 139 g/mol. The van der Waals surface area contributed by atoms with Gasteiger partial charge in [0.15, 0.2) is 0 Å².